The third-order valence-electron chi connectivity index (χ3n) is 4.41. The van der Waals surface area contributed by atoms with Crippen LogP contribution in [0.25, 0.3) is 22.2 Å². The lowest BCUT2D eigenvalue weighted by atomic mass is 10.1. The number of primary amides is 1. The van der Waals surface area contributed by atoms with Crippen molar-refractivity contribution in [2.45, 2.75) is 0 Å². The van der Waals surface area contributed by atoms with Gasteiger partial charge in [-0.05, 0) is 42.0 Å². The molecule has 0 radical (unpaired) electrons. The van der Waals surface area contributed by atoms with Gasteiger partial charge in [-0.15, -0.1) is 0 Å². The second kappa shape index (κ2) is 6.80. The van der Waals surface area contributed by atoms with E-state index in [-0.39, 0.29) is 5.91 Å². The lowest BCUT2D eigenvalue weighted by Crippen LogP contribution is -2.20. The fraction of sp³-hybridized carbons (Fsp3) is 0. The summed E-state index contributed by atoms with van der Waals surface area (Å²) in [6, 6.07) is 25.3. The zero-order valence-electron chi connectivity index (χ0n) is 14.4. The molecule has 5 nitrogen and oxygen atoms in total. The Kier molecular flexibility index (Phi) is 4.18. The largest absolute Gasteiger partial charge is 0.351 e. The quantitative estimate of drug-likeness (QED) is 0.568. The number of carbonyl (C=O) groups excluding carboxylic acids is 2. The van der Waals surface area contributed by atoms with Gasteiger partial charge < -0.3 is 11.1 Å². The molecule has 0 aliphatic heterocycles. The van der Waals surface area contributed by atoms with E-state index in [0.29, 0.717) is 16.9 Å². The van der Waals surface area contributed by atoms with Crippen LogP contribution in [0, 0.1) is 0 Å². The standard InChI is InChI=1S/C22H17N3O2/c23-22(27)25-19-9-5-4-8-17(19)14-20(25)15-10-12-18(13-11-15)24-21(26)16-6-2-1-3-7-16/h1-14H,(H2,23,27)(H,24,26). The molecule has 0 aliphatic carbocycles. The molecule has 0 unspecified atom stereocenters. The van der Waals surface area contributed by atoms with Crippen LogP contribution in [0.1, 0.15) is 10.4 Å². The molecule has 0 saturated heterocycles. The summed E-state index contributed by atoms with van der Waals surface area (Å²) < 4.78 is 1.49. The Morgan fingerprint density at radius 2 is 1.48 bits per heavy atom. The van der Waals surface area contributed by atoms with E-state index in [9.17, 15) is 9.59 Å². The van der Waals surface area contributed by atoms with Gasteiger partial charge in [0.05, 0.1) is 11.2 Å². The van der Waals surface area contributed by atoms with Crippen LogP contribution in [0.3, 0.4) is 0 Å². The number of nitrogens with zero attached hydrogens (tertiary/aromatic N) is 1. The lowest BCUT2D eigenvalue weighted by molar-refractivity contribution is 0.102. The number of para-hydroxylation sites is 1. The van der Waals surface area contributed by atoms with Gasteiger partial charge in [-0.25, -0.2) is 4.79 Å². The fourth-order valence-corrected chi connectivity index (χ4v) is 3.12. The monoisotopic (exact) mass is 355 g/mol. The van der Waals surface area contributed by atoms with Crippen molar-refractivity contribution in [2.75, 3.05) is 5.32 Å². The number of benzene rings is 3. The van der Waals surface area contributed by atoms with Crippen LogP contribution in [-0.4, -0.2) is 16.5 Å². The van der Waals surface area contributed by atoms with Crippen molar-refractivity contribution in [2.24, 2.45) is 5.73 Å². The van der Waals surface area contributed by atoms with Crippen LogP contribution >= 0.6 is 0 Å². The molecule has 2 amide bonds. The maximum Gasteiger partial charge on any atom is 0.323 e. The van der Waals surface area contributed by atoms with Gasteiger partial charge in [-0.1, -0.05) is 48.5 Å². The molecule has 5 heteroatoms. The predicted octanol–water partition coefficient (Wildman–Crippen LogP) is 4.49. The van der Waals surface area contributed by atoms with Crippen molar-refractivity contribution >= 4 is 28.5 Å². The van der Waals surface area contributed by atoms with Crippen molar-refractivity contribution in [1.82, 2.24) is 4.57 Å². The van der Waals surface area contributed by atoms with Crippen LogP contribution in [0.2, 0.25) is 0 Å². The number of hydrogen-bond donors (Lipinski definition) is 2. The highest BCUT2D eigenvalue weighted by molar-refractivity contribution is 6.04. The van der Waals surface area contributed by atoms with Crippen molar-refractivity contribution in [3.8, 4) is 11.3 Å². The van der Waals surface area contributed by atoms with Crippen LogP contribution < -0.4 is 11.1 Å². The normalized spacial score (nSPS) is 10.7. The molecule has 0 fully saturated rings. The molecule has 4 aromatic rings. The molecule has 1 aromatic heterocycles. The Labute approximate surface area is 156 Å². The number of nitrogens with one attached hydrogen (secondary N) is 1. The van der Waals surface area contributed by atoms with E-state index in [1.807, 2.05) is 60.7 Å². The van der Waals surface area contributed by atoms with Gasteiger partial charge in [0, 0.05) is 16.6 Å². The summed E-state index contributed by atoms with van der Waals surface area (Å²) >= 11 is 0. The third kappa shape index (κ3) is 3.18. The van der Waals surface area contributed by atoms with Gasteiger partial charge in [0.1, 0.15) is 0 Å². The highest BCUT2D eigenvalue weighted by atomic mass is 16.2. The van der Waals surface area contributed by atoms with Crippen molar-refractivity contribution in [3.63, 3.8) is 0 Å². The molecule has 27 heavy (non-hydrogen) atoms. The predicted molar refractivity (Wildman–Crippen MR) is 107 cm³/mol. The molecule has 1 heterocycles. The molecule has 132 valence electrons. The average molecular weight is 355 g/mol. The topological polar surface area (TPSA) is 77.1 Å². The van der Waals surface area contributed by atoms with Crippen LogP contribution in [-0.2, 0) is 0 Å². The smallest absolute Gasteiger partial charge is 0.323 e. The highest BCUT2D eigenvalue weighted by Crippen LogP contribution is 2.28. The summed E-state index contributed by atoms with van der Waals surface area (Å²) in [4.78, 5) is 24.2. The Hall–Kier alpha value is -3.86. The van der Waals surface area contributed by atoms with Crippen molar-refractivity contribution in [3.05, 3.63) is 90.5 Å². The number of rotatable bonds is 3. The first-order chi connectivity index (χ1) is 13.1. The molecule has 0 saturated carbocycles. The number of hydrogen-bond acceptors (Lipinski definition) is 2. The molecule has 0 atom stereocenters. The van der Waals surface area contributed by atoms with E-state index in [1.54, 1.807) is 24.3 Å². The van der Waals surface area contributed by atoms with Gasteiger partial charge in [0.25, 0.3) is 5.91 Å². The van der Waals surface area contributed by atoms with E-state index >= 15 is 0 Å². The summed E-state index contributed by atoms with van der Waals surface area (Å²) in [6.07, 6.45) is 0. The van der Waals surface area contributed by atoms with Crippen molar-refractivity contribution < 1.29 is 9.59 Å². The van der Waals surface area contributed by atoms with E-state index in [0.717, 1.165) is 16.5 Å². The molecule has 0 spiro atoms. The van der Waals surface area contributed by atoms with Crippen LogP contribution in [0.4, 0.5) is 10.5 Å². The number of anilines is 1. The minimum Gasteiger partial charge on any atom is -0.351 e. The van der Waals surface area contributed by atoms with E-state index < -0.39 is 6.03 Å². The number of aromatic nitrogens is 1. The van der Waals surface area contributed by atoms with Crippen molar-refractivity contribution in [1.29, 1.82) is 0 Å². The maximum atomic E-state index is 12.3. The number of amides is 2. The van der Waals surface area contributed by atoms with Crippen LogP contribution in [0.15, 0.2) is 84.9 Å². The first-order valence-corrected chi connectivity index (χ1v) is 8.50. The first-order valence-electron chi connectivity index (χ1n) is 8.50. The van der Waals surface area contributed by atoms with Gasteiger partial charge >= 0.3 is 6.03 Å². The molecular weight excluding hydrogens is 338 g/mol. The third-order valence-corrected chi connectivity index (χ3v) is 4.41. The summed E-state index contributed by atoms with van der Waals surface area (Å²) in [7, 11) is 0. The fourth-order valence-electron chi connectivity index (χ4n) is 3.12. The lowest BCUT2D eigenvalue weighted by Gasteiger charge is -2.09. The Bertz CT molecular complexity index is 1130. The highest BCUT2D eigenvalue weighted by Gasteiger charge is 2.14. The van der Waals surface area contributed by atoms with Gasteiger partial charge in [-0.2, -0.15) is 0 Å². The van der Waals surface area contributed by atoms with Gasteiger partial charge in [0.15, 0.2) is 0 Å². The molecule has 3 N–H and O–H groups in total. The minimum absolute atomic E-state index is 0.172. The number of nitrogens with two attached hydrogens (primary N) is 1. The zero-order valence-corrected chi connectivity index (χ0v) is 14.4. The second-order valence-electron chi connectivity index (χ2n) is 6.16. The Balaban J connectivity index is 1.65. The molecule has 3 aromatic carbocycles. The SMILES string of the molecule is NC(=O)n1c(-c2ccc(NC(=O)c3ccccc3)cc2)cc2ccccc21. The zero-order chi connectivity index (χ0) is 18.8. The first kappa shape index (κ1) is 16.6. The summed E-state index contributed by atoms with van der Waals surface area (Å²) in [5.41, 5.74) is 9.17. The Morgan fingerprint density at radius 3 is 2.19 bits per heavy atom. The van der Waals surface area contributed by atoms with E-state index in [4.69, 9.17) is 5.73 Å². The summed E-state index contributed by atoms with van der Waals surface area (Å²) in [5.74, 6) is -0.172. The molecule has 0 bridgehead atoms. The van der Waals surface area contributed by atoms with Gasteiger partial charge in [-0.3, -0.25) is 9.36 Å². The molecule has 0 aliphatic rings. The Morgan fingerprint density at radius 1 is 0.815 bits per heavy atom. The van der Waals surface area contributed by atoms with E-state index in [2.05, 4.69) is 5.32 Å². The van der Waals surface area contributed by atoms with Crippen LogP contribution in [0.5, 0.6) is 0 Å². The summed E-state index contributed by atoms with van der Waals surface area (Å²) in [6.45, 7) is 0. The number of fused-ring (bicyclic) bond motifs is 1. The number of carbonyl (C=O) groups is 2. The minimum atomic E-state index is -0.535. The van der Waals surface area contributed by atoms with Gasteiger partial charge in [0.2, 0.25) is 0 Å². The molecular formula is C22H17N3O2. The van der Waals surface area contributed by atoms with E-state index in [1.165, 1.54) is 4.57 Å². The maximum absolute atomic E-state index is 12.3. The second-order valence-corrected chi connectivity index (χ2v) is 6.16. The molecule has 4 rings (SSSR count). The summed E-state index contributed by atoms with van der Waals surface area (Å²) in [5, 5.41) is 3.80. The average Bonchev–Trinajstić information content (AvgIpc) is 3.09.